The van der Waals surface area contributed by atoms with Gasteiger partial charge in [-0.1, -0.05) is 23.7 Å². The van der Waals surface area contributed by atoms with Crippen molar-refractivity contribution >= 4 is 44.5 Å². The molecule has 1 heterocycles. The van der Waals surface area contributed by atoms with Gasteiger partial charge >= 0.3 is 0 Å². The van der Waals surface area contributed by atoms with E-state index >= 15 is 0 Å². The Morgan fingerprint density at radius 3 is 2.80 bits per heavy atom. The fourth-order valence-electron chi connectivity index (χ4n) is 2.23. The SMILES string of the molecule is Cc1cccc(Cl)c1-n1c(N)nc2cc(F)c(Br)cc21. The molecule has 0 bridgehead atoms. The van der Waals surface area contributed by atoms with Crippen molar-refractivity contribution in [2.45, 2.75) is 6.92 Å². The summed E-state index contributed by atoms with van der Waals surface area (Å²) in [5, 5.41) is 0.566. The van der Waals surface area contributed by atoms with Crippen LogP contribution in [0.5, 0.6) is 0 Å². The standard InChI is InChI=1S/C14H10BrClFN3/c1-7-3-2-4-9(16)13(7)20-12-5-8(15)10(17)6-11(12)19-14(20)18/h2-6H,1H3,(H2,18,19). The fourth-order valence-corrected chi connectivity index (χ4v) is 2.87. The summed E-state index contributed by atoms with van der Waals surface area (Å²) in [6.07, 6.45) is 0. The molecular formula is C14H10BrClFN3. The zero-order valence-electron chi connectivity index (χ0n) is 10.5. The van der Waals surface area contributed by atoms with Gasteiger partial charge in [0, 0.05) is 6.07 Å². The highest BCUT2D eigenvalue weighted by atomic mass is 79.9. The van der Waals surface area contributed by atoms with E-state index in [1.54, 1.807) is 16.7 Å². The van der Waals surface area contributed by atoms with E-state index in [2.05, 4.69) is 20.9 Å². The summed E-state index contributed by atoms with van der Waals surface area (Å²) < 4.78 is 15.7. The minimum Gasteiger partial charge on any atom is -0.369 e. The van der Waals surface area contributed by atoms with Gasteiger partial charge in [0.2, 0.25) is 5.95 Å². The Morgan fingerprint density at radius 1 is 1.35 bits per heavy atom. The molecule has 0 amide bonds. The monoisotopic (exact) mass is 353 g/mol. The lowest BCUT2D eigenvalue weighted by Gasteiger charge is -2.12. The quantitative estimate of drug-likeness (QED) is 0.700. The summed E-state index contributed by atoms with van der Waals surface area (Å²) in [6.45, 7) is 1.94. The smallest absolute Gasteiger partial charge is 0.205 e. The Morgan fingerprint density at radius 2 is 2.10 bits per heavy atom. The number of benzene rings is 2. The number of aromatic nitrogens is 2. The van der Waals surface area contributed by atoms with E-state index in [9.17, 15) is 4.39 Å². The van der Waals surface area contributed by atoms with Gasteiger partial charge in [0.05, 0.1) is 26.2 Å². The average Bonchev–Trinajstić information content (AvgIpc) is 2.67. The van der Waals surface area contributed by atoms with E-state index in [0.29, 0.717) is 20.5 Å². The molecule has 3 aromatic rings. The van der Waals surface area contributed by atoms with E-state index in [1.165, 1.54) is 6.07 Å². The molecule has 0 saturated carbocycles. The summed E-state index contributed by atoms with van der Waals surface area (Å²) in [6, 6.07) is 8.58. The molecule has 0 unspecified atom stereocenters. The normalized spacial score (nSPS) is 11.2. The largest absolute Gasteiger partial charge is 0.369 e. The second kappa shape index (κ2) is 4.75. The molecular weight excluding hydrogens is 345 g/mol. The zero-order valence-corrected chi connectivity index (χ0v) is 12.8. The maximum Gasteiger partial charge on any atom is 0.205 e. The molecule has 102 valence electrons. The molecule has 20 heavy (non-hydrogen) atoms. The molecule has 0 atom stereocenters. The number of nitrogen functional groups attached to an aromatic ring is 1. The van der Waals surface area contributed by atoms with Crippen molar-refractivity contribution in [3.63, 3.8) is 0 Å². The first-order valence-electron chi connectivity index (χ1n) is 5.87. The van der Waals surface area contributed by atoms with Crippen LogP contribution in [0.25, 0.3) is 16.7 Å². The molecule has 2 aromatic carbocycles. The number of nitrogens with zero attached hydrogens (tertiary/aromatic N) is 2. The van der Waals surface area contributed by atoms with Crippen molar-refractivity contribution in [2.75, 3.05) is 5.73 Å². The maximum atomic E-state index is 13.6. The third-order valence-electron chi connectivity index (χ3n) is 3.13. The summed E-state index contributed by atoms with van der Waals surface area (Å²) in [7, 11) is 0. The van der Waals surface area contributed by atoms with E-state index in [-0.39, 0.29) is 11.8 Å². The van der Waals surface area contributed by atoms with Gasteiger partial charge in [0.25, 0.3) is 0 Å². The van der Waals surface area contributed by atoms with Crippen molar-refractivity contribution < 1.29 is 4.39 Å². The van der Waals surface area contributed by atoms with Crippen molar-refractivity contribution in [1.82, 2.24) is 9.55 Å². The van der Waals surface area contributed by atoms with Crippen molar-refractivity contribution in [3.8, 4) is 5.69 Å². The summed E-state index contributed by atoms with van der Waals surface area (Å²) >= 11 is 9.45. The fraction of sp³-hybridized carbons (Fsp3) is 0.0714. The van der Waals surface area contributed by atoms with Gasteiger partial charge in [0.1, 0.15) is 5.82 Å². The van der Waals surface area contributed by atoms with Crippen LogP contribution in [-0.4, -0.2) is 9.55 Å². The zero-order chi connectivity index (χ0) is 14.4. The first-order valence-corrected chi connectivity index (χ1v) is 7.04. The van der Waals surface area contributed by atoms with Crippen LogP contribution in [0.15, 0.2) is 34.8 Å². The molecule has 0 aliphatic carbocycles. The number of aryl methyl sites for hydroxylation is 1. The average molecular weight is 355 g/mol. The topological polar surface area (TPSA) is 43.8 Å². The summed E-state index contributed by atoms with van der Waals surface area (Å²) in [5.41, 5.74) is 8.89. The lowest BCUT2D eigenvalue weighted by molar-refractivity contribution is 0.623. The number of nitrogens with two attached hydrogens (primary N) is 1. The lowest BCUT2D eigenvalue weighted by atomic mass is 10.2. The van der Waals surface area contributed by atoms with Crippen LogP contribution >= 0.6 is 27.5 Å². The highest BCUT2D eigenvalue weighted by Gasteiger charge is 2.16. The molecule has 0 spiro atoms. The molecule has 2 N–H and O–H groups in total. The predicted molar refractivity (Wildman–Crippen MR) is 82.9 cm³/mol. The molecule has 0 aliphatic rings. The summed E-state index contributed by atoms with van der Waals surface area (Å²) in [5.74, 6) is -0.105. The van der Waals surface area contributed by atoms with E-state index < -0.39 is 0 Å². The van der Waals surface area contributed by atoms with Crippen LogP contribution in [0, 0.1) is 12.7 Å². The van der Waals surface area contributed by atoms with Gasteiger partial charge in [0.15, 0.2) is 0 Å². The second-order valence-electron chi connectivity index (χ2n) is 4.47. The highest BCUT2D eigenvalue weighted by molar-refractivity contribution is 9.10. The molecule has 0 saturated heterocycles. The van der Waals surface area contributed by atoms with Gasteiger partial charge < -0.3 is 5.73 Å². The van der Waals surface area contributed by atoms with E-state index in [0.717, 1.165) is 11.3 Å². The Hall–Kier alpha value is -1.59. The summed E-state index contributed by atoms with van der Waals surface area (Å²) in [4.78, 5) is 4.19. The maximum absolute atomic E-state index is 13.6. The molecule has 6 heteroatoms. The number of imidazole rings is 1. The minimum atomic E-state index is -0.377. The Kier molecular flexibility index (Phi) is 3.18. The lowest BCUT2D eigenvalue weighted by Crippen LogP contribution is -2.03. The second-order valence-corrected chi connectivity index (χ2v) is 5.73. The van der Waals surface area contributed by atoms with Crippen molar-refractivity contribution in [1.29, 1.82) is 0 Å². The van der Waals surface area contributed by atoms with Crippen LogP contribution in [0.2, 0.25) is 5.02 Å². The molecule has 3 nitrogen and oxygen atoms in total. The Balaban J connectivity index is 2.42. The van der Waals surface area contributed by atoms with Gasteiger partial charge in [-0.25, -0.2) is 9.37 Å². The number of hydrogen-bond donors (Lipinski definition) is 1. The number of rotatable bonds is 1. The van der Waals surface area contributed by atoms with Crippen LogP contribution in [0.4, 0.5) is 10.3 Å². The van der Waals surface area contributed by atoms with Crippen LogP contribution in [0.1, 0.15) is 5.56 Å². The Labute approximate surface area is 128 Å². The third-order valence-corrected chi connectivity index (χ3v) is 4.05. The first kappa shape index (κ1) is 13.4. The van der Waals surface area contributed by atoms with E-state index in [4.69, 9.17) is 17.3 Å². The predicted octanol–water partition coefficient (Wildman–Crippen LogP) is 4.47. The molecule has 1 aromatic heterocycles. The number of anilines is 1. The van der Waals surface area contributed by atoms with E-state index in [1.807, 2.05) is 19.1 Å². The van der Waals surface area contributed by atoms with Gasteiger partial charge in [-0.2, -0.15) is 0 Å². The minimum absolute atomic E-state index is 0.272. The first-order chi connectivity index (χ1) is 9.49. The highest BCUT2D eigenvalue weighted by Crippen LogP contribution is 2.32. The molecule has 0 aliphatic heterocycles. The molecule has 0 radical (unpaired) electrons. The van der Waals surface area contributed by atoms with Crippen molar-refractivity contribution in [2.24, 2.45) is 0 Å². The molecule has 0 fully saturated rings. The number of hydrogen-bond acceptors (Lipinski definition) is 2. The van der Waals surface area contributed by atoms with Gasteiger partial charge in [-0.15, -0.1) is 0 Å². The number of fused-ring (bicyclic) bond motifs is 1. The van der Waals surface area contributed by atoms with Gasteiger partial charge in [-0.3, -0.25) is 4.57 Å². The van der Waals surface area contributed by atoms with Crippen LogP contribution in [-0.2, 0) is 0 Å². The third kappa shape index (κ3) is 1.98. The number of para-hydroxylation sites is 1. The van der Waals surface area contributed by atoms with Crippen LogP contribution in [0.3, 0.4) is 0 Å². The Bertz CT molecular complexity index is 809. The van der Waals surface area contributed by atoms with Crippen LogP contribution < -0.4 is 5.73 Å². The molecule has 3 rings (SSSR count). The number of halogens is 3. The van der Waals surface area contributed by atoms with Crippen molar-refractivity contribution in [3.05, 3.63) is 51.2 Å². The van der Waals surface area contributed by atoms with Gasteiger partial charge in [-0.05, 0) is 40.5 Å².